The molecule has 1 N–H and O–H groups in total. The predicted molar refractivity (Wildman–Crippen MR) is 120 cm³/mol. The van der Waals surface area contributed by atoms with Crippen molar-refractivity contribution in [2.75, 3.05) is 31.1 Å². The standard InChI is InChI=1S/C24H26FN5O2/c1-18(31)21-6-7-23(22(25)15-21)28-10-12-29(13-11-28)24(32)26-16-19-4-2-5-20(14-19)17-30-9-3-8-27-30/h2-9,14-15H,10-13,16-17H2,1H3,(H,26,32). The maximum Gasteiger partial charge on any atom is 0.317 e. The summed E-state index contributed by atoms with van der Waals surface area (Å²) in [5.74, 6) is -0.575. The molecule has 0 saturated carbocycles. The van der Waals surface area contributed by atoms with Crippen LogP contribution in [-0.4, -0.2) is 52.7 Å². The van der Waals surface area contributed by atoms with Crippen molar-refractivity contribution in [1.82, 2.24) is 20.0 Å². The minimum absolute atomic E-state index is 0.130. The minimum Gasteiger partial charge on any atom is -0.366 e. The lowest BCUT2D eigenvalue weighted by Gasteiger charge is -2.36. The van der Waals surface area contributed by atoms with Gasteiger partial charge in [-0.15, -0.1) is 0 Å². The van der Waals surface area contributed by atoms with Gasteiger partial charge >= 0.3 is 6.03 Å². The van der Waals surface area contributed by atoms with Crippen LogP contribution in [0.3, 0.4) is 0 Å². The van der Waals surface area contributed by atoms with Crippen molar-refractivity contribution in [3.05, 3.63) is 83.4 Å². The van der Waals surface area contributed by atoms with E-state index in [9.17, 15) is 14.0 Å². The second-order valence-electron chi connectivity index (χ2n) is 7.88. The maximum atomic E-state index is 14.4. The van der Waals surface area contributed by atoms with E-state index in [0.29, 0.717) is 50.5 Å². The number of aromatic nitrogens is 2. The molecule has 0 radical (unpaired) electrons. The van der Waals surface area contributed by atoms with E-state index < -0.39 is 5.82 Å². The summed E-state index contributed by atoms with van der Waals surface area (Å²) in [6.45, 7) is 4.60. The molecule has 1 aliphatic rings. The highest BCUT2D eigenvalue weighted by atomic mass is 19.1. The third-order valence-electron chi connectivity index (χ3n) is 5.60. The van der Waals surface area contributed by atoms with Crippen molar-refractivity contribution in [3.8, 4) is 0 Å². The van der Waals surface area contributed by atoms with Crippen LogP contribution in [0.25, 0.3) is 0 Å². The second kappa shape index (κ2) is 9.64. The van der Waals surface area contributed by atoms with E-state index in [1.165, 1.54) is 13.0 Å². The molecule has 0 spiro atoms. The fourth-order valence-electron chi connectivity index (χ4n) is 3.84. The highest BCUT2D eigenvalue weighted by molar-refractivity contribution is 5.94. The van der Waals surface area contributed by atoms with Crippen LogP contribution in [-0.2, 0) is 13.1 Å². The van der Waals surface area contributed by atoms with Gasteiger partial charge in [-0.2, -0.15) is 5.10 Å². The van der Waals surface area contributed by atoms with Crippen LogP contribution >= 0.6 is 0 Å². The van der Waals surface area contributed by atoms with Gasteiger partial charge < -0.3 is 15.1 Å². The molecule has 8 heteroatoms. The van der Waals surface area contributed by atoms with Crippen molar-refractivity contribution in [1.29, 1.82) is 0 Å². The quantitative estimate of drug-likeness (QED) is 0.603. The molecule has 7 nitrogen and oxygen atoms in total. The number of hydrogen-bond donors (Lipinski definition) is 1. The number of hydrogen-bond acceptors (Lipinski definition) is 4. The third-order valence-corrected chi connectivity index (χ3v) is 5.60. The molecule has 4 rings (SSSR count). The first-order chi connectivity index (χ1) is 15.5. The highest BCUT2D eigenvalue weighted by Crippen LogP contribution is 2.22. The molecule has 0 aliphatic carbocycles. The van der Waals surface area contributed by atoms with Crippen molar-refractivity contribution in [3.63, 3.8) is 0 Å². The van der Waals surface area contributed by atoms with Gasteiger partial charge in [0.2, 0.25) is 0 Å². The number of nitrogens with one attached hydrogen (secondary N) is 1. The van der Waals surface area contributed by atoms with Gasteiger partial charge in [-0.25, -0.2) is 9.18 Å². The van der Waals surface area contributed by atoms with E-state index in [1.54, 1.807) is 23.2 Å². The first-order valence-electron chi connectivity index (χ1n) is 10.6. The van der Waals surface area contributed by atoms with E-state index in [-0.39, 0.29) is 11.8 Å². The zero-order valence-corrected chi connectivity index (χ0v) is 18.0. The second-order valence-corrected chi connectivity index (χ2v) is 7.88. The average Bonchev–Trinajstić information content (AvgIpc) is 3.31. The molecule has 0 atom stereocenters. The number of rotatable bonds is 6. The van der Waals surface area contributed by atoms with Crippen LogP contribution in [0.5, 0.6) is 0 Å². The summed E-state index contributed by atoms with van der Waals surface area (Å²) in [6, 6.07) is 14.4. The molecular weight excluding hydrogens is 409 g/mol. The van der Waals surface area contributed by atoms with Crippen molar-refractivity contribution in [2.24, 2.45) is 0 Å². The number of nitrogens with zero attached hydrogens (tertiary/aromatic N) is 4. The lowest BCUT2D eigenvalue weighted by molar-refractivity contribution is 0.101. The summed E-state index contributed by atoms with van der Waals surface area (Å²) in [5.41, 5.74) is 2.96. The first kappa shape index (κ1) is 21.5. The predicted octanol–water partition coefficient (Wildman–Crippen LogP) is 3.30. The summed E-state index contributed by atoms with van der Waals surface area (Å²) in [5, 5.41) is 7.19. The molecule has 0 bridgehead atoms. The number of carbonyl (C=O) groups is 2. The number of Topliss-reactive ketones (excluding diaryl/α,β-unsaturated/α-hetero) is 1. The van der Waals surface area contributed by atoms with Crippen LogP contribution < -0.4 is 10.2 Å². The normalized spacial score (nSPS) is 13.8. The molecule has 2 aromatic carbocycles. The number of halogens is 1. The van der Waals surface area contributed by atoms with Crippen LogP contribution in [0.2, 0.25) is 0 Å². The molecule has 32 heavy (non-hydrogen) atoms. The average molecular weight is 436 g/mol. The van der Waals surface area contributed by atoms with Gasteiger partial charge in [-0.1, -0.05) is 24.3 Å². The number of benzene rings is 2. The topological polar surface area (TPSA) is 70.5 Å². The molecule has 1 saturated heterocycles. The summed E-state index contributed by atoms with van der Waals surface area (Å²) in [6.07, 6.45) is 3.66. The van der Waals surface area contributed by atoms with Crippen LogP contribution in [0, 0.1) is 5.82 Å². The highest BCUT2D eigenvalue weighted by Gasteiger charge is 2.23. The van der Waals surface area contributed by atoms with Gasteiger partial charge in [0.25, 0.3) is 0 Å². The Hall–Kier alpha value is -3.68. The van der Waals surface area contributed by atoms with Crippen LogP contribution in [0.4, 0.5) is 14.9 Å². The Bertz CT molecular complexity index is 1090. The fraction of sp³-hybridized carbons (Fsp3) is 0.292. The molecule has 0 unspecified atom stereocenters. The monoisotopic (exact) mass is 435 g/mol. The number of amides is 2. The summed E-state index contributed by atoms with van der Waals surface area (Å²) in [4.78, 5) is 27.7. The summed E-state index contributed by atoms with van der Waals surface area (Å²) in [7, 11) is 0. The first-order valence-corrected chi connectivity index (χ1v) is 10.6. The van der Waals surface area contributed by atoms with E-state index in [1.807, 2.05) is 40.0 Å². The molecule has 166 valence electrons. The number of ketones is 1. The Balaban J connectivity index is 1.28. The van der Waals surface area contributed by atoms with E-state index in [0.717, 1.165) is 11.1 Å². The van der Waals surface area contributed by atoms with Gasteiger partial charge in [0.15, 0.2) is 5.78 Å². The Morgan fingerprint density at radius 3 is 2.50 bits per heavy atom. The zero-order chi connectivity index (χ0) is 22.5. The SMILES string of the molecule is CC(=O)c1ccc(N2CCN(C(=O)NCc3cccc(Cn4cccn4)c3)CC2)c(F)c1. The lowest BCUT2D eigenvalue weighted by Crippen LogP contribution is -2.51. The van der Waals surface area contributed by atoms with Gasteiger partial charge in [-0.3, -0.25) is 9.48 Å². The Morgan fingerprint density at radius 2 is 1.81 bits per heavy atom. The van der Waals surface area contributed by atoms with Crippen LogP contribution in [0.1, 0.15) is 28.4 Å². The maximum absolute atomic E-state index is 14.4. The number of carbonyl (C=O) groups excluding carboxylic acids is 2. The van der Waals surface area contributed by atoms with E-state index in [4.69, 9.17) is 0 Å². The minimum atomic E-state index is -0.411. The third kappa shape index (κ3) is 5.14. The molecule has 2 heterocycles. The largest absolute Gasteiger partial charge is 0.366 e. The number of anilines is 1. The Morgan fingerprint density at radius 1 is 1.03 bits per heavy atom. The van der Waals surface area contributed by atoms with E-state index >= 15 is 0 Å². The van der Waals surface area contributed by atoms with Crippen LogP contribution in [0.15, 0.2) is 60.9 Å². The Labute approximate surface area is 186 Å². The summed E-state index contributed by atoms with van der Waals surface area (Å²) >= 11 is 0. The molecular formula is C24H26FN5O2. The van der Waals surface area contributed by atoms with Crippen molar-refractivity contribution < 1.29 is 14.0 Å². The molecule has 1 fully saturated rings. The zero-order valence-electron chi connectivity index (χ0n) is 18.0. The van der Waals surface area contributed by atoms with E-state index in [2.05, 4.69) is 16.5 Å². The smallest absolute Gasteiger partial charge is 0.317 e. The van der Waals surface area contributed by atoms with Gasteiger partial charge in [-0.05, 0) is 42.3 Å². The van der Waals surface area contributed by atoms with Gasteiger partial charge in [0.1, 0.15) is 5.82 Å². The molecule has 1 aromatic heterocycles. The molecule has 1 aliphatic heterocycles. The number of urea groups is 1. The Kier molecular flexibility index (Phi) is 6.49. The molecule has 3 aromatic rings. The van der Waals surface area contributed by atoms with Crippen molar-refractivity contribution >= 4 is 17.5 Å². The van der Waals surface area contributed by atoms with Gasteiger partial charge in [0.05, 0.1) is 12.2 Å². The number of piperazine rings is 1. The fourth-order valence-corrected chi connectivity index (χ4v) is 3.84. The molecule has 2 amide bonds. The summed E-state index contributed by atoms with van der Waals surface area (Å²) < 4.78 is 16.3. The van der Waals surface area contributed by atoms with Crippen molar-refractivity contribution in [2.45, 2.75) is 20.0 Å². The van der Waals surface area contributed by atoms with Gasteiger partial charge in [0, 0.05) is 50.7 Å². The lowest BCUT2D eigenvalue weighted by atomic mass is 10.1.